The van der Waals surface area contributed by atoms with Gasteiger partial charge in [-0.2, -0.15) is 0 Å². The minimum absolute atomic E-state index is 0. The molecule has 3 nitrogen and oxygen atoms in total. The number of carbonyl (C=O) groups excluding carboxylic acids is 1. The van der Waals surface area contributed by atoms with Gasteiger partial charge in [-0.15, -0.1) is 6.54 Å². The Balaban J connectivity index is 0. The van der Waals surface area contributed by atoms with Crippen LogP contribution in [-0.2, 0) is 9.53 Å². The van der Waals surface area contributed by atoms with Gasteiger partial charge in [-0.25, -0.2) is 0 Å². The van der Waals surface area contributed by atoms with Crippen molar-refractivity contribution in [2.45, 2.75) is 26.9 Å². The van der Waals surface area contributed by atoms with Crippen LogP contribution in [0.15, 0.2) is 0 Å². The first-order valence-corrected chi connectivity index (χ1v) is 3.63. The van der Waals surface area contributed by atoms with Gasteiger partial charge in [0.1, 0.15) is 0 Å². The van der Waals surface area contributed by atoms with E-state index in [9.17, 15) is 4.79 Å². The molecule has 1 fully saturated rings. The van der Waals surface area contributed by atoms with Crippen molar-refractivity contribution in [3.63, 3.8) is 0 Å². The summed E-state index contributed by atoms with van der Waals surface area (Å²) in [6.45, 7) is 6.83. The van der Waals surface area contributed by atoms with Gasteiger partial charge >= 0.3 is 58.2 Å². The molecule has 0 bridgehead atoms. The fourth-order valence-corrected chi connectivity index (χ4v) is 0.585. The third kappa shape index (κ3) is 6.40. The number of nitrogens with zero attached hydrogens (tertiary/aromatic N) is 1. The van der Waals surface area contributed by atoms with E-state index in [-0.39, 0.29) is 70.2 Å². The molecule has 0 spiro atoms. The van der Waals surface area contributed by atoms with E-state index in [2.05, 4.69) is 5.32 Å². The van der Waals surface area contributed by atoms with Crippen LogP contribution >= 0.6 is 0 Å². The molecule has 1 saturated heterocycles. The maximum atomic E-state index is 10.5. The molecule has 0 N–H and O–H groups in total. The minimum atomic E-state index is -0.302. The Hall–Kier alpha value is 1.24. The third-order valence-electron chi connectivity index (χ3n) is 1.07. The number of rotatable bonds is 0. The summed E-state index contributed by atoms with van der Waals surface area (Å²) in [5.41, 5.74) is 0. The Bertz CT molecular complexity index is 109. The van der Waals surface area contributed by atoms with E-state index in [1.54, 1.807) is 6.92 Å². The second kappa shape index (κ2) is 9.32. The Kier molecular flexibility index (Phi) is 12.5. The smallest absolute Gasteiger partial charge is 0.649 e. The maximum absolute atomic E-state index is 10.5. The summed E-state index contributed by atoms with van der Waals surface area (Å²) >= 11 is 0. The molecule has 60 valence electrons. The Morgan fingerprint density at radius 3 is 2.36 bits per heavy atom. The molecule has 1 aliphatic rings. The molecule has 1 rings (SSSR count). The summed E-state index contributed by atoms with van der Waals surface area (Å²) in [4.78, 5) is 10.5. The van der Waals surface area contributed by atoms with Crippen LogP contribution in [-0.4, -0.2) is 25.2 Å². The van der Waals surface area contributed by atoms with Crippen LogP contribution in [0.1, 0.15) is 20.8 Å². The van der Waals surface area contributed by atoms with Crippen molar-refractivity contribution in [1.82, 2.24) is 0 Å². The molecule has 4 heteroatoms. The van der Waals surface area contributed by atoms with Crippen molar-refractivity contribution in [3.8, 4) is 0 Å². The van der Waals surface area contributed by atoms with Gasteiger partial charge in [-0.1, -0.05) is 13.8 Å². The predicted octanol–water partition coefficient (Wildman–Crippen LogP) is -1.66. The van der Waals surface area contributed by atoms with Crippen molar-refractivity contribution in [2.24, 2.45) is 0 Å². The van der Waals surface area contributed by atoms with Crippen LogP contribution in [0.25, 0.3) is 5.32 Å². The number of hydrogen-bond donors (Lipinski definition) is 0. The molecule has 0 radical (unpaired) electrons. The molecular weight excluding hydrogens is 216 g/mol. The first-order valence-electron chi connectivity index (χ1n) is 3.63. The fraction of sp³-hybridized carbons (Fsp3) is 0.857. The fourth-order valence-electron chi connectivity index (χ4n) is 0.585. The van der Waals surface area contributed by atoms with E-state index in [0.717, 1.165) is 0 Å². The average Bonchev–Trinajstić information content (AvgIpc) is 2.00. The van der Waals surface area contributed by atoms with Gasteiger partial charge in [0.05, 0.1) is 12.0 Å². The normalized spacial score (nSPS) is 22.1. The minimum Gasteiger partial charge on any atom is -0.649 e. The molecule has 0 aliphatic carbocycles. The van der Waals surface area contributed by atoms with Crippen LogP contribution in [0.4, 0.5) is 0 Å². The van der Waals surface area contributed by atoms with Gasteiger partial charge in [0.25, 0.3) is 0 Å². The summed E-state index contributed by atoms with van der Waals surface area (Å²) < 4.78 is 4.95. The van der Waals surface area contributed by atoms with Crippen molar-refractivity contribution < 1.29 is 67.7 Å². The quantitative estimate of drug-likeness (QED) is 0.499. The van der Waals surface area contributed by atoms with Crippen LogP contribution in [0.5, 0.6) is 0 Å². The predicted molar refractivity (Wildman–Crippen MR) is 40.0 cm³/mol. The van der Waals surface area contributed by atoms with E-state index in [1.165, 1.54) is 0 Å². The van der Waals surface area contributed by atoms with Crippen LogP contribution in [0.3, 0.4) is 0 Å². The largest absolute Gasteiger partial charge is 1.00 e. The first kappa shape index (κ1) is 14.7. The zero-order valence-electron chi connectivity index (χ0n) is 7.76. The molecule has 1 heterocycles. The Morgan fingerprint density at radius 2 is 2.09 bits per heavy atom. The summed E-state index contributed by atoms with van der Waals surface area (Å²) in [7, 11) is 0. The number of hydrogen-bond acceptors (Lipinski definition) is 2. The van der Waals surface area contributed by atoms with Gasteiger partial charge in [0.2, 0.25) is 0 Å². The van der Waals surface area contributed by atoms with Crippen LogP contribution < -0.4 is 58.2 Å². The molecule has 1 atom stereocenters. The van der Waals surface area contributed by atoms with Gasteiger partial charge < -0.3 is 14.8 Å². The average molecular weight is 230 g/mol. The molecule has 1 aliphatic heterocycles. The molecular formula is C7H14NO2Rb. The standard InChI is InChI=1S/C5H9NO2.C2H6.Rb/c1-4-5(7)6-2-3-8-4;1-2;/h4H,2-3H2,1H3,(H,6,7);1-2H3;/q;;+1/p-1. The zero-order valence-corrected chi connectivity index (χ0v) is 12.7. The molecule has 0 aromatic heterocycles. The molecule has 0 aromatic rings. The van der Waals surface area contributed by atoms with Crippen molar-refractivity contribution in [3.05, 3.63) is 5.32 Å². The number of morpholine rings is 1. The molecule has 11 heavy (non-hydrogen) atoms. The topological polar surface area (TPSA) is 40.4 Å². The second-order valence-electron chi connectivity index (χ2n) is 1.73. The third-order valence-corrected chi connectivity index (χ3v) is 1.07. The molecule has 1 unspecified atom stereocenters. The van der Waals surface area contributed by atoms with Crippen LogP contribution in [0.2, 0.25) is 0 Å². The monoisotopic (exact) mass is 229 g/mol. The summed E-state index contributed by atoms with van der Waals surface area (Å²) in [5.74, 6) is -0.128. The van der Waals surface area contributed by atoms with E-state index in [1.807, 2.05) is 13.8 Å². The number of carbonyl (C=O) groups is 1. The zero-order chi connectivity index (χ0) is 7.98. The second-order valence-corrected chi connectivity index (χ2v) is 1.73. The van der Waals surface area contributed by atoms with E-state index in [4.69, 9.17) is 4.74 Å². The van der Waals surface area contributed by atoms with Gasteiger partial charge in [-0.3, -0.25) is 0 Å². The SMILES string of the molecule is CC.CC1OCC[N-]C1=O.[Rb+]. The summed E-state index contributed by atoms with van der Waals surface area (Å²) in [6.07, 6.45) is -0.302. The Labute approximate surface area is 117 Å². The maximum Gasteiger partial charge on any atom is 1.00 e. The number of ether oxygens (including phenoxy) is 1. The number of amides is 1. The van der Waals surface area contributed by atoms with Crippen molar-refractivity contribution >= 4 is 5.91 Å². The van der Waals surface area contributed by atoms with Gasteiger partial charge in [0, 0.05) is 6.61 Å². The van der Waals surface area contributed by atoms with E-state index >= 15 is 0 Å². The summed E-state index contributed by atoms with van der Waals surface area (Å²) in [5, 5.41) is 3.65. The molecule has 1 amide bonds. The van der Waals surface area contributed by atoms with Crippen molar-refractivity contribution in [1.29, 1.82) is 0 Å². The van der Waals surface area contributed by atoms with Crippen molar-refractivity contribution in [2.75, 3.05) is 13.2 Å². The molecule has 0 saturated carbocycles. The first-order chi connectivity index (χ1) is 4.80. The molecule has 0 aromatic carbocycles. The van der Waals surface area contributed by atoms with E-state index in [0.29, 0.717) is 13.2 Å². The Morgan fingerprint density at radius 1 is 1.55 bits per heavy atom. The van der Waals surface area contributed by atoms with Gasteiger partial charge in [0.15, 0.2) is 0 Å². The summed E-state index contributed by atoms with van der Waals surface area (Å²) in [6, 6.07) is 0. The van der Waals surface area contributed by atoms with Gasteiger partial charge in [-0.05, 0) is 6.92 Å². The van der Waals surface area contributed by atoms with E-state index < -0.39 is 0 Å². The van der Waals surface area contributed by atoms with Crippen LogP contribution in [0, 0.1) is 0 Å².